The van der Waals surface area contributed by atoms with Crippen molar-refractivity contribution in [3.8, 4) is 0 Å². The summed E-state index contributed by atoms with van der Waals surface area (Å²) in [6.45, 7) is 0.179. The molecule has 1 amide bonds. The Labute approximate surface area is 154 Å². The lowest BCUT2D eigenvalue weighted by Crippen LogP contribution is -2.43. The number of rotatable bonds is 5. The number of halogens is 1. The molecule has 134 valence electrons. The van der Waals surface area contributed by atoms with Crippen LogP contribution in [0.2, 0.25) is 5.02 Å². The summed E-state index contributed by atoms with van der Waals surface area (Å²) in [5, 5.41) is 3.42. The Hall–Kier alpha value is -2.86. The summed E-state index contributed by atoms with van der Waals surface area (Å²) in [6.07, 6.45) is 0.581. The first-order valence-corrected chi connectivity index (χ1v) is 8.55. The van der Waals surface area contributed by atoms with Gasteiger partial charge >= 0.3 is 11.1 Å². The Bertz CT molecular complexity index is 1090. The van der Waals surface area contributed by atoms with Crippen molar-refractivity contribution in [3.05, 3.63) is 79.8 Å². The first kappa shape index (κ1) is 17.9. The van der Waals surface area contributed by atoms with Crippen LogP contribution in [0.5, 0.6) is 0 Å². The quantitative estimate of drug-likeness (QED) is 0.694. The number of hydrogen-bond acceptors (Lipinski definition) is 3. The Kier molecular flexibility index (Phi) is 5.23. The summed E-state index contributed by atoms with van der Waals surface area (Å²) in [6, 6.07) is 14.4. The fourth-order valence-corrected chi connectivity index (χ4v) is 3.08. The zero-order chi connectivity index (χ0) is 18.7. The molecule has 0 radical (unpaired) electrons. The summed E-state index contributed by atoms with van der Waals surface area (Å²) in [5.41, 5.74) is 0.701. The summed E-state index contributed by atoms with van der Waals surface area (Å²) in [7, 11) is 1.54. The van der Waals surface area contributed by atoms with Crippen LogP contribution in [-0.2, 0) is 24.8 Å². The smallest absolute Gasteiger partial charge is 0.317 e. The predicted octanol–water partition coefficient (Wildman–Crippen LogP) is 1.71. The molecule has 0 atom stereocenters. The van der Waals surface area contributed by atoms with Crippen LogP contribution in [0.4, 0.5) is 0 Å². The van der Waals surface area contributed by atoms with Crippen LogP contribution in [0.1, 0.15) is 5.56 Å². The van der Waals surface area contributed by atoms with Crippen molar-refractivity contribution < 1.29 is 4.79 Å². The van der Waals surface area contributed by atoms with Gasteiger partial charge in [0.15, 0.2) is 0 Å². The highest BCUT2D eigenvalue weighted by atomic mass is 35.5. The first-order chi connectivity index (χ1) is 12.5. The van der Waals surface area contributed by atoms with Gasteiger partial charge in [0, 0.05) is 18.6 Å². The SMILES string of the molecule is Cn1c(=O)c(=O)n(CC(=O)NCCc2ccccc2Cl)c2ccccc21. The number of aryl methyl sites for hydroxylation is 1. The van der Waals surface area contributed by atoms with E-state index in [1.807, 2.05) is 18.2 Å². The highest BCUT2D eigenvalue weighted by molar-refractivity contribution is 6.31. The number of para-hydroxylation sites is 2. The van der Waals surface area contributed by atoms with Gasteiger partial charge < -0.3 is 9.88 Å². The lowest BCUT2D eigenvalue weighted by Gasteiger charge is -2.12. The molecule has 7 heteroatoms. The Morgan fingerprint density at radius 2 is 1.65 bits per heavy atom. The maximum atomic E-state index is 12.3. The van der Waals surface area contributed by atoms with E-state index in [1.165, 1.54) is 9.13 Å². The third kappa shape index (κ3) is 3.55. The number of nitrogens with one attached hydrogen (secondary N) is 1. The molecular formula is C19H18ClN3O3. The lowest BCUT2D eigenvalue weighted by molar-refractivity contribution is -0.121. The molecule has 3 rings (SSSR count). The Morgan fingerprint density at radius 1 is 1.00 bits per heavy atom. The van der Waals surface area contributed by atoms with Gasteiger partial charge in [0.25, 0.3) is 0 Å². The first-order valence-electron chi connectivity index (χ1n) is 8.17. The van der Waals surface area contributed by atoms with Gasteiger partial charge in [0.2, 0.25) is 5.91 Å². The number of benzene rings is 2. The largest absolute Gasteiger partial charge is 0.354 e. The summed E-state index contributed by atoms with van der Waals surface area (Å²) in [4.78, 5) is 36.7. The molecule has 0 aliphatic heterocycles. The van der Waals surface area contributed by atoms with E-state index in [2.05, 4.69) is 5.32 Å². The Morgan fingerprint density at radius 3 is 2.38 bits per heavy atom. The maximum absolute atomic E-state index is 12.3. The van der Waals surface area contributed by atoms with E-state index in [9.17, 15) is 14.4 Å². The summed E-state index contributed by atoms with van der Waals surface area (Å²) in [5.74, 6) is -0.336. The molecule has 2 aromatic carbocycles. The number of carbonyl (C=O) groups excluding carboxylic acids is 1. The molecule has 0 saturated heterocycles. The zero-order valence-corrected chi connectivity index (χ0v) is 15.0. The van der Waals surface area contributed by atoms with Crippen LogP contribution in [0, 0.1) is 0 Å². The third-order valence-electron chi connectivity index (χ3n) is 4.24. The molecule has 1 aromatic heterocycles. The normalized spacial score (nSPS) is 10.8. The molecule has 1 heterocycles. The number of nitrogens with zero attached hydrogens (tertiary/aromatic N) is 2. The van der Waals surface area contributed by atoms with E-state index in [-0.39, 0.29) is 12.5 Å². The number of amides is 1. The standard InChI is InChI=1S/C19H18ClN3O3/c1-22-15-8-4-5-9-16(15)23(19(26)18(22)25)12-17(24)21-11-10-13-6-2-3-7-14(13)20/h2-9H,10-12H2,1H3,(H,21,24). The van der Waals surface area contributed by atoms with Crippen LogP contribution in [0.3, 0.4) is 0 Å². The molecule has 3 aromatic rings. The second kappa shape index (κ2) is 7.58. The molecule has 26 heavy (non-hydrogen) atoms. The van der Waals surface area contributed by atoms with E-state index in [4.69, 9.17) is 11.6 Å². The molecular weight excluding hydrogens is 354 g/mol. The summed E-state index contributed by atoms with van der Waals surface area (Å²) < 4.78 is 2.51. The highest BCUT2D eigenvalue weighted by Gasteiger charge is 2.13. The fraction of sp³-hybridized carbons (Fsp3) is 0.211. The van der Waals surface area contributed by atoms with Crippen molar-refractivity contribution in [1.29, 1.82) is 0 Å². The minimum atomic E-state index is -0.715. The molecule has 0 unspecified atom stereocenters. The monoisotopic (exact) mass is 371 g/mol. The highest BCUT2D eigenvalue weighted by Crippen LogP contribution is 2.14. The van der Waals surface area contributed by atoms with E-state index >= 15 is 0 Å². The number of hydrogen-bond donors (Lipinski definition) is 1. The van der Waals surface area contributed by atoms with Gasteiger partial charge in [-0.2, -0.15) is 0 Å². The number of aromatic nitrogens is 2. The van der Waals surface area contributed by atoms with Crippen LogP contribution in [0.25, 0.3) is 11.0 Å². The number of carbonyl (C=O) groups is 1. The third-order valence-corrected chi connectivity index (χ3v) is 4.61. The van der Waals surface area contributed by atoms with Crippen molar-refractivity contribution in [1.82, 2.24) is 14.5 Å². The minimum Gasteiger partial charge on any atom is -0.354 e. The van der Waals surface area contributed by atoms with E-state index in [0.717, 1.165) is 5.56 Å². The van der Waals surface area contributed by atoms with Gasteiger partial charge in [-0.05, 0) is 30.2 Å². The van der Waals surface area contributed by atoms with Gasteiger partial charge in [-0.15, -0.1) is 0 Å². The molecule has 6 nitrogen and oxygen atoms in total. The number of fused-ring (bicyclic) bond motifs is 1. The fourth-order valence-electron chi connectivity index (χ4n) is 2.85. The molecule has 0 bridgehead atoms. The van der Waals surface area contributed by atoms with Crippen LogP contribution >= 0.6 is 11.6 Å². The minimum absolute atomic E-state index is 0.210. The second-order valence-corrected chi connectivity index (χ2v) is 6.34. The van der Waals surface area contributed by atoms with Crippen LogP contribution in [-0.4, -0.2) is 21.6 Å². The average molecular weight is 372 g/mol. The average Bonchev–Trinajstić information content (AvgIpc) is 2.65. The van der Waals surface area contributed by atoms with Crippen LogP contribution in [0.15, 0.2) is 58.1 Å². The molecule has 0 aliphatic carbocycles. The summed E-state index contributed by atoms with van der Waals surface area (Å²) >= 11 is 6.09. The van der Waals surface area contributed by atoms with Crippen molar-refractivity contribution in [2.24, 2.45) is 7.05 Å². The molecule has 0 aliphatic rings. The maximum Gasteiger partial charge on any atom is 0.317 e. The molecule has 0 spiro atoms. The van der Waals surface area contributed by atoms with Gasteiger partial charge in [-0.1, -0.05) is 41.9 Å². The van der Waals surface area contributed by atoms with Crippen molar-refractivity contribution in [2.45, 2.75) is 13.0 Å². The van der Waals surface area contributed by atoms with E-state index in [0.29, 0.717) is 29.0 Å². The van der Waals surface area contributed by atoms with Crippen LogP contribution < -0.4 is 16.4 Å². The van der Waals surface area contributed by atoms with Gasteiger partial charge in [0.05, 0.1) is 11.0 Å². The van der Waals surface area contributed by atoms with Crippen molar-refractivity contribution in [3.63, 3.8) is 0 Å². The Balaban J connectivity index is 1.77. The van der Waals surface area contributed by atoms with Gasteiger partial charge in [-0.25, -0.2) is 0 Å². The molecule has 0 saturated carbocycles. The predicted molar refractivity (Wildman–Crippen MR) is 102 cm³/mol. The van der Waals surface area contributed by atoms with E-state index < -0.39 is 11.1 Å². The topological polar surface area (TPSA) is 73.1 Å². The lowest BCUT2D eigenvalue weighted by atomic mass is 10.1. The van der Waals surface area contributed by atoms with Gasteiger partial charge in [0.1, 0.15) is 6.54 Å². The molecule has 0 fully saturated rings. The van der Waals surface area contributed by atoms with Crippen molar-refractivity contribution >= 4 is 28.5 Å². The molecule has 1 N–H and O–H groups in total. The van der Waals surface area contributed by atoms with Gasteiger partial charge in [-0.3, -0.25) is 19.0 Å². The van der Waals surface area contributed by atoms with E-state index in [1.54, 1.807) is 37.4 Å². The second-order valence-electron chi connectivity index (χ2n) is 5.94. The zero-order valence-electron chi connectivity index (χ0n) is 14.2. The van der Waals surface area contributed by atoms with Crippen molar-refractivity contribution in [2.75, 3.05) is 6.54 Å².